The summed E-state index contributed by atoms with van der Waals surface area (Å²) in [5.41, 5.74) is 2.26. The minimum Gasteiger partial charge on any atom is -0.340 e. The van der Waals surface area contributed by atoms with Crippen molar-refractivity contribution in [1.29, 1.82) is 0 Å². The zero-order valence-corrected chi connectivity index (χ0v) is 17.1. The Balaban J connectivity index is 1.87. The summed E-state index contributed by atoms with van der Waals surface area (Å²) in [6.07, 6.45) is 14.5. The van der Waals surface area contributed by atoms with Crippen molar-refractivity contribution in [3.8, 4) is 0 Å². The van der Waals surface area contributed by atoms with E-state index in [1.54, 1.807) is 0 Å². The molecule has 1 heterocycles. The quantitative estimate of drug-likeness (QED) is 0.355. The predicted molar refractivity (Wildman–Crippen MR) is 114 cm³/mol. The molecule has 0 aliphatic heterocycles. The molecule has 1 aromatic carbocycles. The molecule has 3 heteroatoms. The minimum absolute atomic E-state index is 0.736. The molecule has 2 aromatic rings. The topological polar surface area (TPSA) is 16.1 Å². The van der Waals surface area contributed by atoms with Gasteiger partial charge in [-0.3, -0.25) is 4.98 Å². The van der Waals surface area contributed by atoms with Crippen LogP contribution in [0, 0.1) is 5.92 Å². The number of hydrogen-bond donors (Lipinski definition) is 0. The summed E-state index contributed by atoms with van der Waals surface area (Å²) in [5.74, 6) is 0.736. The first-order valence-corrected chi connectivity index (χ1v) is 10.5. The van der Waals surface area contributed by atoms with Crippen LogP contribution in [0.4, 0.5) is 11.4 Å². The van der Waals surface area contributed by atoms with E-state index < -0.39 is 0 Å². The predicted octanol–water partition coefficient (Wildman–Crippen LogP) is 7.65. The first-order chi connectivity index (χ1) is 12.7. The van der Waals surface area contributed by atoms with E-state index in [-0.39, 0.29) is 0 Å². The summed E-state index contributed by atoms with van der Waals surface area (Å²) < 4.78 is 0. The second-order valence-electron chi connectivity index (χ2n) is 7.29. The summed E-state index contributed by atoms with van der Waals surface area (Å²) in [6.45, 7) is 5.64. The molecule has 0 aliphatic rings. The molecule has 0 N–H and O–H groups in total. The van der Waals surface area contributed by atoms with E-state index in [0.717, 1.165) is 28.9 Å². The summed E-state index contributed by atoms with van der Waals surface area (Å²) in [4.78, 5) is 6.62. The van der Waals surface area contributed by atoms with E-state index in [1.807, 2.05) is 36.7 Å². The van der Waals surface area contributed by atoms with Gasteiger partial charge in [0.15, 0.2) is 0 Å². The highest BCUT2D eigenvalue weighted by atomic mass is 35.5. The third kappa shape index (κ3) is 7.37. The molecule has 2 nitrogen and oxygen atoms in total. The number of aromatic nitrogens is 1. The maximum absolute atomic E-state index is 6.22. The Morgan fingerprint density at radius 2 is 1.73 bits per heavy atom. The molecule has 0 fully saturated rings. The second-order valence-corrected chi connectivity index (χ2v) is 7.73. The molecule has 0 bridgehead atoms. The molecule has 0 amide bonds. The molecule has 142 valence electrons. The van der Waals surface area contributed by atoms with Gasteiger partial charge in [0.2, 0.25) is 0 Å². The number of nitrogens with zero attached hydrogens (tertiary/aromatic N) is 2. The lowest BCUT2D eigenvalue weighted by atomic mass is 9.98. The van der Waals surface area contributed by atoms with E-state index in [4.69, 9.17) is 11.6 Å². The van der Waals surface area contributed by atoms with Crippen molar-refractivity contribution < 1.29 is 0 Å². The lowest BCUT2D eigenvalue weighted by Crippen LogP contribution is -2.20. The molecule has 1 atom stereocenters. The standard InChI is InChI=1S/C23H33ClN2/c1-3-4-5-6-7-8-11-20(2)15-17-26(23-14-10-16-25-19-23)22-13-9-12-21(24)18-22/h9-10,12-14,16,18-20H,3-8,11,15,17H2,1-2H3. The van der Waals surface area contributed by atoms with E-state index in [1.165, 1.54) is 51.4 Å². The zero-order valence-electron chi connectivity index (χ0n) is 16.3. The maximum atomic E-state index is 6.22. The fraction of sp³-hybridized carbons (Fsp3) is 0.522. The monoisotopic (exact) mass is 372 g/mol. The largest absolute Gasteiger partial charge is 0.340 e. The highest BCUT2D eigenvalue weighted by Crippen LogP contribution is 2.28. The summed E-state index contributed by atoms with van der Waals surface area (Å²) in [7, 11) is 0. The van der Waals surface area contributed by atoms with Crippen LogP contribution in [0.5, 0.6) is 0 Å². The Kier molecular flexibility index (Phi) is 9.55. The molecule has 0 spiro atoms. The summed E-state index contributed by atoms with van der Waals surface area (Å²) in [6, 6.07) is 12.2. The molecular weight excluding hydrogens is 340 g/mol. The van der Waals surface area contributed by atoms with Crippen LogP contribution in [-0.2, 0) is 0 Å². The smallest absolute Gasteiger partial charge is 0.0597 e. The molecule has 1 unspecified atom stereocenters. The highest BCUT2D eigenvalue weighted by molar-refractivity contribution is 6.30. The minimum atomic E-state index is 0.736. The molecule has 0 radical (unpaired) electrons. The Morgan fingerprint density at radius 1 is 0.962 bits per heavy atom. The Hall–Kier alpha value is -1.54. The molecule has 26 heavy (non-hydrogen) atoms. The van der Waals surface area contributed by atoms with Gasteiger partial charge in [-0.15, -0.1) is 0 Å². The van der Waals surface area contributed by atoms with Crippen LogP contribution in [0.15, 0.2) is 48.8 Å². The fourth-order valence-electron chi connectivity index (χ4n) is 3.33. The van der Waals surface area contributed by atoms with Gasteiger partial charge in [-0.1, -0.05) is 76.5 Å². The van der Waals surface area contributed by atoms with Crippen LogP contribution >= 0.6 is 11.6 Å². The fourth-order valence-corrected chi connectivity index (χ4v) is 3.52. The average Bonchev–Trinajstić information content (AvgIpc) is 2.66. The zero-order chi connectivity index (χ0) is 18.6. The third-order valence-electron chi connectivity index (χ3n) is 4.97. The molecular formula is C23H33ClN2. The normalized spacial score (nSPS) is 12.1. The van der Waals surface area contributed by atoms with Crippen molar-refractivity contribution in [1.82, 2.24) is 4.98 Å². The Morgan fingerprint density at radius 3 is 2.46 bits per heavy atom. The van der Waals surface area contributed by atoms with E-state index in [0.29, 0.717) is 0 Å². The van der Waals surface area contributed by atoms with Gasteiger partial charge in [0, 0.05) is 23.5 Å². The van der Waals surface area contributed by atoms with Crippen molar-refractivity contribution in [2.45, 2.75) is 65.2 Å². The molecule has 0 aliphatic carbocycles. The summed E-state index contributed by atoms with van der Waals surface area (Å²) >= 11 is 6.22. The lowest BCUT2D eigenvalue weighted by molar-refractivity contribution is 0.460. The van der Waals surface area contributed by atoms with Crippen LogP contribution in [-0.4, -0.2) is 11.5 Å². The van der Waals surface area contributed by atoms with E-state index in [2.05, 4.69) is 35.9 Å². The van der Waals surface area contributed by atoms with Crippen molar-refractivity contribution in [3.05, 3.63) is 53.8 Å². The first-order valence-electron chi connectivity index (χ1n) is 10.1. The number of anilines is 2. The highest BCUT2D eigenvalue weighted by Gasteiger charge is 2.12. The van der Waals surface area contributed by atoms with Gasteiger partial charge in [0.25, 0.3) is 0 Å². The Labute approximate surface area is 164 Å². The number of benzene rings is 1. The van der Waals surface area contributed by atoms with E-state index >= 15 is 0 Å². The summed E-state index contributed by atoms with van der Waals surface area (Å²) in [5, 5.41) is 0.775. The van der Waals surface area contributed by atoms with Crippen molar-refractivity contribution in [3.63, 3.8) is 0 Å². The average molecular weight is 373 g/mol. The van der Waals surface area contributed by atoms with E-state index in [9.17, 15) is 0 Å². The van der Waals surface area contributed by atoms with Gasteiger partial charge in [0.05, 0.1) is 11.9 Å². The van der Waals surface area contributed by atoms with Gasteiger partial charge in [-0.05, 0) is 42.7 Å². The van der Waals surface area contributed by atoms with Crippen molar-refractivity contribution in [2.75, 3.05) is 11.4 Å². The van der Waals surface area contributed by atoms with Gasteiger partial charge >= 0.3 is 0 Å². The maximum Gasteiger partial charge on any atom is 0.0597 e. The molecule has 0 saturated carbocycles. The van der Waals surface area contributed by atoms with Crippen LogP contribution in [0.25, 0.3) is 0 Å². The molecule has 2 rings (SSSR count). The van der Waals surface area contributed by atoms with Crippen LogP contribution in [0.2, 0.25) is 5.02 Å². The number of rotatable bonds is 12. The molecule has 0 saturated heterocycles. The van der Waals surface area contributed by atoms with Gasteiger partial charge in [0.1, 0.15) is 0 Å². The Bertz CT molecular complexity index is 615. The van der Waals surface area contributed by atoms with Crippen molar-refractivity contribution in [2.24, 2.45) is 5.92 Å². The number of pyridine rings is 1. The number of halogens is 1. The van der Waals surface area contributed by atoms with Crippen LogP contribution in [0.3, 0.4) is 0 Å². The first kappa shape index (κ1) is 20.8. The number of unbranched alkanes of at least 4 members (excludes halogenated alkanes) is 5. The lowest BCUT2D eigenvalue weighted by Gasteiger charge is -2.26. The van der Waals surface area contributed by atoms with Crippen LogP contribution < -0.4 is 4.90 Å². The van der Waals surface area contributed by atoms with Crippen LogP contribution in [0.1, 0.15) is 65.2 Å². The van der Waals surface area contributed by atoms with Gasteiger partial charge in [-0.25, -0.2) is 0 Å². The third-order valence-corrected chi connectivity index (χ3v) is 5.21. The van der Waals surface area contributed by atoms with Gasteiger partial charge in [-0.2, -0.15) is 0 Å². The van der Waals surface area contributed by atoms with Crippen molar-refractivity contribution >= 4 is 23.0 Å². The van der Waals surface area contributed by atoms with Gasteiger partial charge < -0.3 is 4.90 Å². The SMILES string of the molecule is CCCCCCCCC(C)CCN(c1cccnc1)c1cccc(Cl)c1. The molecule has 1 aromatic heterocycles. The second kappa shape index (κ2) is 12.0. The number of hydrogen-bond acceptors (Lipinski definition) is 2.